The van der Waals surface area contributed by atoms with E-state index >= 15 is 0 Å². The first kappa shape index (κ1) is 25.2. The van der Waals surface area contributed by atoms with Crippen LogP contribution in [-0.4, -0.2) is 73.8 Å². The van der Waals surface area contributed by atoms with Crippen LogP contribution in [0.1, 0.15) is 25.3 Å². The Bertz CT molecular complexity index is 740. The van der Waals surface area contributed by atoms with E-state index in [1.165, 1.54) is 6.07 Å². The lowest BCUT2D eigenvalue weighted by molar-refractivity contribution is -0.145. The van der Waals surface area contributed by atoms with Crippen LogP contribution in [0, 0.1) is 11.7 Å². The number of piperazine rings is 1. The van der Waals surface area contributed by atoms with Crippen molar-refractivity contribution in [3.05, 3.63) is 29.6 Å². The summed E-state index contributed by atoms with van der Waals surface area (Å²) < 4.78 is 25.1. The fourth-order valence-electron chi connectivity index (χ4n) is 4.13. The van der Waals surface area contributed by atoms with Crippen molar-refractivity contribution in [1.29, 1.82) is 0 Å². The zero-order valence-corrected chi connectivity index (χ0v) is 18.7. The van der Waals surface area contributed by atoms with E-state index in [0.29, 0.717) is 50.6 Å². The van der Waals surface area contributed by atoms with Gasteiger partial charge in [-0.05, 0) is 45.0 Å². The molecule has 2 amide bonds. The third-order valence-corrected chi connectivity index (χ3v) is 5.74. The second-order valence-corrected chi connectivity index (χ2v) is 7.70. The van der Waals surface area contributed by atoms with Crippen molar-refractivity contribution < 1.29 is 23.5 Å². The standard InChI is InChI=1S/C21H31FN4O4.ClH/c1-2-29-18-5-3-4-17(22)16(18)14-25-10-12-26(13-11-25)20(27)19(30-21(23)28)15-6-8-24-9-7-15;/h3-5,15,19,24H,2,6-14H2,1H3,(H2,23,28);1H. The molecule has 10 heteroatoms. The number of nitrogens with zero attached hydrogens (tertiary/aromatic N) is 2. The van der Waals surface area contributed by atoms with Gasteiger partial charge in [0.1, 0.15) is 11.6 Å². The summed E-state index contributed by atoms with van der Waals surface area (Å²) in [5.41, 5.74) is 5.76. The van der Waals surface area contributed by atoms with Gasteiger partial charge in [0.25, 0.3) is 5.91 Å². The minimum Gasteiger partial charge on any atom is -0.493 e. The first-order chi connectivity index (χ1) is 14.5. The maximum absolute atomic E-state index is 14.3. The van der Waals surface area contributed by atoms with Gasteiger partial charge in [0.05, 0.1) is 6.61 Å². The number of carbonyl (C=O) groups is 2. The Morgan fingerprint density at radius 1 is 1.23 bits per heavy atom. The first-order valence-corrected chi connectivity index (χ1v) is 10.6. The lowest BCUT2D eigenvalue weighted by Gasteiger charge is -2.38. The third kappa shape index (κ3) is 6.69. The lowest BCUT2D eigenvalue weighted by atomic mass is 9.91. The maximum atomic E-state index is 14.3. The highest BCUT2D eigenvalue weighted by Gasteiger charge is 2.36. The SMILES string of the molecule is CCOc1cccc(F)c1CN1CCN(C(=O)C(OC(N)=O)C2CCNCC2)CC1.Cl. The molecule has 1 atom stereocenters. The zero-order chi connectivity index (χ0) is 21.5. The average Bonchev–Trinajstić information content (AvgIpc) is 2.75. The molecule has 8 nitrogen and oxygen atoms in total. The maximum Gasteiger partial charge on any atom is 0.405 e. The summed E-state index contributed by atoms with van der Waals surface area (Å²) in [6, 6.07) is 4.84. The molecule has 1 unspecified atom stereocenters. The molecule has 2 aliphatic rings. The molecule has 174 valence electrons. The minimum absolute atomic E-state index is 0. The Morgan fingerprint density at radius 3 is 2.52 bits per heavy atom. The number of hydrogen-bond acceptors (Lipinski definition) is 6. The van der Waals surface area contributed by atoms with Crippen molar-refractivity contribution in [1.82, 2.24) is 15.1 Å². The number of halogens is 2. The van der Waals surface area contributed by atoms with Gasteiger partial charge in [0.15, 0.2) is 6.10 Å². The lowest BCUT2D eigenvalue weighted by Crippen LogP contribution is -2.54. The molecule has 2 fully saturated rings. The summed E-state index contributed by atoms with van der Waals surface area (Å²) in [6.07, 6.45) is -0.241. The highest BCUT2D eigenvalue weighted by molar-refractivity contribution is 5.85. The first-order valence-electron chi connectivity index (χ1n) is 10.6. The Kier molecular flexibility index (Phi) is 9.80. The molecule has 3 N–H and O–H groups in total. The smallest absolute Gasteiger partial charge is 0.405 e. The van der Waals surface area contributed by atoms with E-state index in [-0.39, 0.29) is 30.0 Å². The molecule has 0 radical (unpaired) electrons. The van der Waals surface area contributed by atoms with Crippen molar-refractivity contribution in [2.24, 2.45) is 11.7 Å². The largest absolute Gasteiger partial charge is 0.493 e. The van der Waals surface area contributed by atoms with E-state index < -0.39 is 12.2 Å². The van der Waals surface area contributed by atoms with Gasteiger partial charge in [-0.25, -0.2) is 9.18 Å². The number of piperidine rings is 1. The van der Waals surface area contributed by atoms with Crippen LogP contribution >= 0.6 is 12.4 Å². The second kappa shape index (κ2) is 12.1. The highest BCUT2D eigenvalue weighted by Crippen LogP contribution is 2.25. The molecule has 0 spiro atoms. The molecule has 2 saturated heterocycles. The minimum atomic E-state index is -0.923. The van der Waals surface area contributed by atoms with E-state index in [0.717, 1.165) is 25.9 Å². The predicted molar refractivity (Wildman–Crippen MR) is 117 cm³/mol. The Balaban J connectivity index is 0.00000341. The topological polar surface area (TPSA) is 97.1 Å². The Morgan fingerprint density at radius 2 is 1.90 bits per heavy atom. The molecule has 0 aromatic heterocycles. The number of nitrogens with one attached hydrogen (secondary N) is 1. The summed E-state index contributed by atoms with van der Waals surface area (Å²) in [5.74, 6) is 0.0369. The van der Waals surface area contributed by atoms with Crippen molar-refractivity contribution >= 4 is 24.4 Å². The number of amides is 2. The normalized spacial score (nSPS) is 18.7. The van der Waals surface area contributed by atoms with Crippen molar-refractivity contribution in [2.75, 3.05) is 45.9 Å². The molecular formula is C21H32ClFN4O4. The molecule has 0 saturated carbocycles. The van der Waals surface area contributed by atoms with Gasteiger partial charge in [-0.15, -0.1) is 12.4 Å². The monoisotopic (exact) mass is 458 g/mol. The van der Waals surface area contributed by atoms with Crippen LogP contribution in [0.25, 0.3) is 0 Å². The van der Waals surface area contributed by atoms with Crippen LogP contribution in [0.15, 0.2) is 18.2 Å². The fourth-order valence-corrected chi connectivity index (χ4v) is 4.13. The van der Waals surface area contributed by atoms with Crippen LogP contribution in [0.2, 0.25) is 0 Å². The van der Waals surface area contributed by atoms with Gasteiger partial charge < -0.3 is 25.4 Å². The van der Waals surface area contributed by atoms with Crippen LogP contribution in [0.4, 0.5) is 9.18 Å². The van der Waals surface area contributed by atoms with Crippen molar-refractivity contribution in [3.8, 4) is 5.75 Å². The molecule has 31 heavy (non-hydrogen) atoms. The van der Waals surface area contributed by atoms with E-state index in [1.807, 2.05) is 6.92 Å². The quantitative estimate of drug-likeness (QED) is 0.646. The number of carbonyl (C=O) groups excluding carboxylic acids is 2. The van der Waals surface area contributed by atoms with Gasteiger partial charge in [0.2, 0.25) is 0 Å². The van der Waals surface area contributed by atoms with E-state index in [1.54, 1.807) is 17.0 Å². The number of nitrogens with two attached hydrogens (primary N) is 1. The van der Waals surface area contributed by atoms with E-state index in [9.17, 15) is 14.0 Å². The van der Waals surface area contributed by atoms with E-state index in [2.05, 4.69) is 10.2 Å². The average molecular weight is 459 g/mol. The second-order valence-electron chi connectivity index (χ2n) is 7.70. The van der Waals surface area contributed by atoms with Crippen LogP contribution in [0.5, 0.6) is 5.75 Å². The van der Waals surface area contributed by atoms with Crippen LogP contribution < -0.4 is 15.8 Å². The summed E-state index contributed by atoms with van der Waals surface area (Å²) in [4.78, 5) is 28.3. The third-order valence-electron chi connectivity index (χ3n) is 5.74. The van der Waals surface area contributed by atoms with Gasteiger partial charge in [-0.2, -0.15) is 0 Å². The molecular weight excluding hydrogens is 427 g/mol. The molecule has 3 rings (SSSR count). The molecule has 1 aromatic carbocycles. The van der Waals surface area contributed by atoms with Crippen molar-refractivity contribution in [2.45, 2.75) is 32.4 Å². The number of ether oxygens (including phenoxy) is 2. The molecule has 0 bridgehead atoms. The van der Waals surface area contributed by atoms with Crippen LogP contribution in [0.3, 0.4) is 0 Å². The van der Waals surface area contributed by atoms with Crippen molar-refractivity contribution in [3.63, 3.8) is 0 Å². The summed E-state index contributed by atoms with van der Waals surface area (Å²) in [7, 11) is 0. The summed E-state index contributed by atoms with van der Waals surface area (Å²) >= 11 is 0. The van der Waals surface area contributed by atoms with Gasteiger partial charge in [-0.1, -0.05) is 6.07 Å². The highest BCUT2D eigenvalue weighted by atomic mass is 35.5. The predicted octanol–water partition coefficient (Wildman–Crippen LogP) is 1.75. The number of primary amides is 1. The fraction of sp³-hybridized carbons (Fsp3) is 0.619. The molecule has 0 aliphatic carbocycles. The Hall–Kier alpha value is -2.10. The Labute approximate surface area is 188 Å². The summed E-state index contributed by atoms with van der Waals surface area (Å²) in [6.45, 7) is 6.50. The van der Waals surface area contributed by atoms with Gasteiger partial charge >= 0.3 is 6.09 Å². The van der Waals surface area contributed by atoms with Crippen LogP contribution in [-0.2, 0) is 16.1 Å². The molecule has 2 aliphatic heterocycles. The number of benzene rings is 1. The zero-order valence-electron chi connectivity index (χ0n) is 17.8. The summed E-state index contributed by atoms with van der Waals surface area (Å²) in [5, 5.41) is 3.24. The molecule has 1 aromatic rings. The van der Waals surface area contributed by atoms with Gasteiger partial charge in [-0.3, -0.25) is 9.69 Å². The number of hydrogen-bond donors (Lipinski definition) is 2. The number of rotatable bonds is 7. The molecule has 2 heterocycles. The van der Waals surface area contributed by atoms with Gasteiger partial charge in [0, 0.05) is 44.2 Å². The van der Waals surface area contributed by atoms with E-state index in [4.69, 9.17) is 15.2 Å².